The number of nitrogens with two attached hydrogens (primary N) is 1. The maximum absolute atomic E-state index is 12.9. The van der Waals surface area contributed by atoms with Crippen LogP contribution in [0.25, 0.3) is 5.70 Å². The number of aliphatic hydroxyl groups is 1. The lowest BCUT2D eigenvalue weighted by Gasteiger charge is -2.21. The molecule has 0 atom stereocenters. The van der Waals surface area contributed by atoms with Gasteiger partial charge in [-0.05, 0) is 57.8 Å². The number of halogens is 1. The molecular formula is C15H19FN2O. The molecule has 0 saturated heterocycles. The van der Waals surface area contributed by atoms with Gasteiger partial charge in [0, 0.05) is 16.8 Å². The Kier molecular flexibility index (Phi) is 4.62. The van der Waals surface area contributed by atoms with Gasteiger partial charge in [-0.1, -0.05) is 0 Å². The number of allylic oxidation sites excluding steroid dienone is 1. The van der Waals surface area contributed by atoms with Crippen LogP contribution in [0, 0.1) is 5.82 Å². The summed E-state index contributed by atoms with van der Waals surface area (Å²) in [6.07, 6.45) is 1.66. The van der Waals surface area contributed by atoms with E-state index in [2.05, 4.69) is 11.7 Å². The maximum Gasteiger partial charge on any atom is 0.123 e. The summed E-state index contributed by atoms with van der Waals surface area (Å²) < 4.78 is 12.9. The summed E-state index contributed by atoms with van der Waals surface area (Å²) in [7, 11) is 0. The lowest BCUT2D eigenvalue weighted by Crippen LogP contribution is -2.24. The fraction of sp³-hybridized carbons (Fsp3) is 0.267. The van der Waals surface area contributed by atoms with Gasteiger partial charge in [0.1, 0.15) is 5.82 Å². The average molecular weight is 262 g/mol. The molecule has 3 nitrogen and oxygen atoms in total. The van der Waals surface area contributed by atoms with Crippen molar-refractivity contribution in [1.29, 1.82) is 0 Å². The normalized spacial score (nSPS) is 14.1. The van der Waals surface area contributed by atoms with Crippen molar-refractivity contribution in [1.82, 2.24) is 0 Å². The van der Waals surface area contributed by atoms with Crippen LogP contribution in [0.15, 0.2) is 46.6 Å². The first-order valence-electron chi connectivity index (χ1n) is 5.89. The Balaban J connectivity index is 3.30. The highest BCUT2D eigenvalue weighted by Gasteiger charge is 2.20. The van der Waals surface area contributed by atoms with Crippen molar-refractivity contribution in [2.24, 2.45) is 10.7 Å². The van der Waals surface area contributed by atoms with Gasteiger partial charge in [-0.25, -0.2) is 4.39 Å². The summed E-state index contributed by atoms with van der Waals surface area (Å²) >= 11 is 0. The van der Waals surface area contributed by atoms with E-state index in [0.29, 0.717) is 22.5 Å². The molecule has 1 rings (SSSR count). The Labute approximate surface area is 113 Å². The van der Waals surface area contributed by atoms with Crippen molar-refractivity contribution in [3.63, 3.8) is 0 Å². The Morgan fingerprint density at radius 2 is 1.89 bits per heavy atom. The van der Waals surface area contributed by atoms with Crippen LogP contribution in [0.3, 0.4) is 0 Å². The Morgan fingerprint density at radius 3 is 2.26 bits per heavy atom. The zero-order valence-corrected chi connectivity index (χ0v) is 11.4. The van der Waals surface area contributed by atoms with E-state index in [-0.39, 0.29) is 5.82 Å². The van der Waals surface area contributed by atoms with Gasteiger partial charge in [0.25, 0.3) is 0 Å². The summed E-state index contributed by atoms with van der Waals surface area (Å²) in [5, 5.41) is 10.1. The number of hydrogen-bond acceptors (Lipinski definition) is 3. The van der Waals surface area contributed by atoms with Crippen molar-refractivity contribution >= 4 is 12.4 Å². The van der Waals surface area contributed by atoms with E-state index in [9.17, 15) is 9.50 Å². The second kappa shape index (κ2) is 5.80. The molecule has 19 heavy (non-hydrogen) atoms. The zero-order chi connectivity index (χ0) is 14.6. The molecule has 0 amide bonds. The van der Waals surface area contributed by atoms with Gasteiger partial charge in [-0.15, -0.1) is 0 Å². The van der Waals surface area contributed by atoms with E-state index in [1.165, 1.54) is 12.1 Å². The second-order valence-electron chi connectivity index (χ2n) is 4.85. The van der Waals surface area contributed by atoms with Gasteiger partial charge in [0.2, 0.25) is 0 Å². The molecule has 102 valence electrons. The fourth-order valence-electron chi connectivity index (χ4n) is 1.75. The van der Waals surface area contributed by atoms with Crippen LogP contribution in [-0.2, 0) is 0 Å². The van der Waals surface area contributed by atoms with Crippen LogP contribution in [-0.4, -0.2) is 17.4 Å². The summed E-state index contributed by atoms with van der Waals surface area (Å²) in [5.41, 5.74) is 6.98. The van der Waals surface area contributed by atoms with E-state index in [4.69, 9.17) is 5.73 Å². The highest BCUT2D eigenvalue weighted by atomic mass is 19.1. The third kappa shape index (κ3) is 4.03. The van der Waals surface area contributed by atoms with Crippen LogP contribution in [0.1, 0.15) is 26.3 Å². The molecule has 0 fully saturated rings. The first-order chi connectivity index (χ1) is 8.75. The third-order valence-corrected chi connectivity index (χ3v) is 2.68. The standard InChI is InChI=1S/C15H19FN2O/c1-10(17)13(15(2,3)19)9-14(18-4)11-5-7-12(16)8-6-11/h5-9,19H,4,17H2,1-3H3/b13-10-,14-9-. The Hall–Kier alpha value is -1.94. The monoisotopic (exact) mass is 262 g/mol. The van der Waals surface area contributed by atoms with Gasteiger partial charge in [-0.2, -0.15) is 0 Å². The van der Waals surface area contributed by atoms with Crippen LogP contribution in [0.2, 0.25) is 0 Å². The minimum atomic E-state index is -1.09. The molecule has 0 aromatic heterocycles. The molecule has 3 N–H and O–H groups in total. The maximum atomic E-state index is 12.9. The predicted octanol–water partition coefficient (Wildman–Crippen LogP) is 2.87. The van der Waals surface area contributed by atoms with Gasteiger partial charge in [-0.3, -0.25) is 4.99 Å². The van der Waals surface area contributed by atoms with E-state index in [1.54, 1.807) is 39.0 Å². The number of aliphatic imine (C=N–C) groups is 1. The molecule has 0 unspecified atom stereocenters. The van der Waals surface area contributed by atoms with Gasteiger partial charge in [0.15, 0.2) is 0 Å². The molecule has 4 heteroatoms. The molecule has 0 bridgehead atoms. The molecule has 0 aliphatic heterocycles. The molecule has 0 aliphatic rings. The lowest BCUT2D eigenvalue weighted by atomic mass is 9.94. The van der Waals surface area contributed by atoms with Crippen LogP contribution in [0.5, 0.6) is 0 Å². The second-order valence-corrected chi connectivity index (χ2v) is 4.85. The first kappa shape index (κ1) is 15.1. The molecule has 1 aromatic rings. The third-order valence-electron chi connectivity index (χ3n) is 2.68. The molecule has 1 aromatic carbocycles. The van der Waals surface area contributed by atoms with Crippen molar-refractivity contribution in [3.05, 3.63) is 53.0 Å². The number of nitrogens with zero attached hydrogens (tertiary/aromatic N) is 1. The van der Waals surface area contributed by atoms with Crippen molar-refractivity contribution in [2.45, 2.75) is 26.4 Å². The average Bonchev–Trinajstić information content (AvgIpc) is 2.30. The van der Waals surface area contributed by atoms with Crippen molar-refractivity contribution < 1.29 is 9.50 Å². The van der Waals surface area contributed by atoms with Gasteiger partial charge < -0.3 is 10.8 Å². The smallest absolute Gasteiger partial charge is 0.123 e. The SMILES string of the molecule is C=N/C(=C\C(=C(/C)N)C(C)(C)O)c1ccc(F)cc1. The van der Waals surface area contributed by atoms with Crippen LogP contribution >= 0.6 is 0 Å². The number of benzene rings is 1. The Morgan fingerprint density at radius 1 is 1.37 bits per heavy atom. The highest BCUT2D eigenvalue weighted by Crippen LogP contribution is 2.25. The number of rotatable bonds is 4. The zero-order valence-electron chi connectivity index (χ0n) is 11.4. The summed E-state index contributed by atoms with van der Waals surface area (Å²) in [4.78, 5) is 3.91. The largest absolute Gasteiger partial charge is 0.402 e. The first-order valence-corrected chi connectivity index (χ1v) is 5.89. The summed E-state index contributed by atoms with van der Waals surface area (Å²) in [5.74, 6) is -0.319. The van der Waals surface area contributed by atoms with E-state index < -0.39 is 5.60 Å². The minimum absolute atomic E-state index is 0.319. The van der Waals surface area contributed by atoms with Gasteiger partial charge in [0.05, 0.1) is 11.3 Å². The topological polar surface area (TPSA) is 58.6 Å². The van der Waals surface area contributed by atoms with E-state index in [1.807, 2.05) is 0 Å². The molecule has 0 heterocycles. The van der Waals surface area contributed by atoms with Crippen molar-refractivity contribution in [3.8, 4) is 0 Å². The summed E-state index contributed by atoms with van der Waals surface area (Å²) in [6.45, 7) is 8.48. The highest BCUT2D eigenvalue weighted by molar-refractivity contribution is 5.71. The Bertz CT molecular complexity index is 518. The number of hydrogen-bond donors (Lipinski definition) is 2. The van der Waals surface area contributed by atoms with E-state index in [0.717, 1.165) is 0 Å². The molecular weight excluding hydrogens is 243 g/mol. The van der Waals surface area contributed by atoms with E-state index >= 15 is 0 Å². The lowest BCUT2D eigenvalue weighted by molar-refractivity contribution is 0.122. The minimum Gasteiger partial charge on any atom is -0.402 e. The molecule has 0 spiro atoms. The van der Waals surface area contributed by atoms with Crippen LogP contribution < -0.4 is 5.73 Å². The molecule has 0 saturated carbocycles. The molecule has 0 aliphatic carbocycles. The van der Waals surface area contributed by atoms with Gasteiger partial charge >= 0.3 is 0 Å². The van der Waals surface area contributed by atoms with Crippen LogP contribution in [0.4, 0.5) is 4.39 Å². The van der Waals surface area contributed by atoms with Crippen molar-refractivity contribution in [2.75, 3.05) is 0 Å². The molecule has 0 radical (unpaired) electrons. The quantitative estimate of drug-likeness (QED) is 0.647. The fourth-order valence-corrected chi connectivity index (χ4v) is 1.75. The predicted molar refractivity (Wildman–Crippen MR) is 77.1 cm³/mol. The summed E-state index contributed by atoms with van der Waals surface area (Å²) in [6, 6.07) is 5.89.